The molecule has 1 rings (SSSR count). The van der Waals surface area contributed by atoms with Crippen LogP contribution in [0.2, 0.25) is 0 Å². The average Bonchev–Trinajstić information content (AvgIpc) is 2.35. The maximum absolute atomic E-state index is 5.50. The van der Waals surface area contributed by atoms with Gasteiger partial charge in [0, 0.05) is 11.8 Å². The Kier molecular flexibility index (Phi) is 2.99. The van der Waals surface area contributed by atoms with Crippen molar-refractivity contribution in [3.8, 4) is 0 Å². The molecule has 1 aromatic heterocycles. The first kappa shape index (κ1) is 9.85. The third-order valence-electron chi connectivity index (χ3n) is 1.81. The molecular formula is C10H15BrO. The Hall–Kier alpha value is -0.240. The van der Waals surface area contributed by atoms with Crippen LogP contribution in [0.15, 0.2) is 16.5 Å². The van der Waals surface area contributed by atoms with Crippen LogP contribution in [0, 0.1) is 12.3 Å². The van der Waals surface area contributed by atoms with E-state index < -0.39 is 0 Å². The quantitative estimate of drug-likeness (QED) is 0.725. The Labute approximate surface area is 82.3 Å². The van der Waals surface area contributed by atoms with Crippen LogP contribution in [0.1, 0.15) is 25.4 Å². The Morgan fingerprint density at radius 1 is 1.42 bits per heavy atom. The number of hydrogen-bond acceptors (Lipinski definition) is 1. The van der Waals surface area contributed by atoms with E-state index in [9.17, 15) is 0 Å². The van der Waals surface area contributed by atoms with E-state index in [1.165, 1.54) is 0 Å². The predicted molar refractivity (Wildman–Crippen MR) is 54.7 cm³/mol. The van der Waals surface area contributed by atoms with Gasteiger partial charge in [-0.3, -0.25) is 0 Å². The molecule has 1 aromatic rings. The molecule has 0 saturated carbocycles. The molecule has 1 nitrogen and oxygen atoms in total. The fraction of sp³-hybridized carbons (Fsp3) is 0.600. The molecule has 0 saturated heterocycles. The lowest BCUT2D eigenvalue weighted by Crippen LogP contribution is -2.15. The van der Waals surface area contributed by atoms with E-state index in [1.807, 2.05) is 13.0 Å². The molecule has 0 fully saturated rings. The maximum atomic E-state index is 5.50. The fourth-order valence-corrected chi connectivity index (χ4v) is 1.30. The van der Waals surface area contributed by atoms with Gasteiger partial charge in [0.15, 0.2) is 0 Å². The summed E-state index contributed by atoms with van der Waals surface area (Å²) in [7, 11) is 0. The van der Waals surface area contributed by atoms with Crippen molar-refractivity contribution in [2.45, 2.75) is 27.2 Å². The Morgan fingerprint density at radius 2 is 2.08 bits per heavy atom. The lowest BCUT2D eigenvalue weighted by molar-refractivity contribution is 0.366. The summed E-state index contributed by atoms with van der Waals surface area (Å²) in [6, 6.07) is 4.07. The molecule has 0 aromatic carbocycles. The number of hydrogen-bond donors (Lipinski definition) is 0. The molecule has 2 heteroatoms. The highest BCUT2D eigenvalue weighted by atomic mass is 79.9. The topological polar surface area (TPSA) is 13.1 Å². The summed E-state index contributed by atoms with van der Waals surface area (Å²) in [5.74, 6) is 2.08. The second-order valence-corrected chi connectivity index (χ2v) is 4.55. The zero-order valence-electron chi connectivity index (χ0n) is 7.86. The van der Waals surface area contributed by atoms with Crippen molar-refractivity contribution < 1.29 is 4.42 Å². The summed E-state index contributed by atoms with van der Waals surface area (Å²) >= 11 is 3.49. The minimum Gasteiger partial charge on any atom is -0.466 e. The van der Waals surface area contributed by atoms with Gasteiger partial charge in [-0.25, -0.2) is 0 Å². The molecule has 0 spiro atoms. The van der Waals surface area contributed by atoms with Gasteiger partial charge in [0.05, 0.1) is 0 Å². The summed E-state index contributed by atoms with van der Waals surface area (Å²) in [6.07, 6.45) is 0.992. The molecule has 0 aliphatic rings. The summed E-state index contributed by atoms with van der Waals surface area (Å²) in [6.45, 7) is 6.42. The maximum Gasteiger partial charge on any atom is 0.104 e. The second kappa shape index (κ2) is 3.65. The van der Waals surface area contributed by atoms with Gasteiger partial charge in [0.25, 0.3) is 0 Å². The third-order valence-corrected chi connectivity index (χ3v) is 3.33. The van der Waals surface area contributed by atoms with Gasteiger partial charge in [-0.05, 0) is 24.5 Å². The molecule has 0 aliphatic heterocycles. The van der Waals surface area contributed by atoms with Crippen LogP contribution in [-0.4, -0.2) is 5.33 Å². The summed E-state index contributed by atoms with van der Waals surface area (Å²) in [5, 5.41) is 1.000. The lowest BCUT2D eigenvalue weighted by Gasteiger charge is -2.19. The molecular weight excluding hydrogens is 216 g/mol. The third kappa shape index (κ3) is 2.67. The Morgan fingerprint density at radius 3 is 2.50 bits per heavy atom. The van der Waals surface area contributed by atoms with Crippen molar-refractivity contribution in [1.29, 1.82) is 0 Å². The van der Waals surface area contributed by atoms with Crippen molar-refractivity contribution in [1.82, 2.24) is 0 Å². The van der Waals surface area contributed by atoms with E-state index in [1.54, 1.807) is 0 Å². The number of halogens is 1. The standard InChI is InChI=1S/C10H15BrO/c1-8-4-5-9(12-8)6-10(2,3)7-11/h4-5H,6-7H2,1-3H3. The van der Waals surface area contributed by atoms with Gasteiger partial charge in [-0.1, -0.05) is 29.8 Å². The van der Waals surface area contributed by atoms with E-state index in [4.69, 9.17) is 4.42 Å². The summed E-state index contributed by atoms with van der Waals surface area (Å²) in [5.41, 5.74) is 0.282. The normalized spacial score (nSPS) is 12.0. The number of rotatable bonds is 3. The van der Waals surface area contributed by atoms with E-state index >= 15 is 0 Å². The van der Waals surface area contributed by atoms with Crippen LogP contribution in [-0.2, 0) is 6.42 Å². The van der Waals surface area contributed by atoms with Crippen LogP contribution in [0.25, 0.3) is 0 Å². The van der Waals surface area contributed by atoms with Gasteiger partial charge in [-0.2, -0.15) is 0 Å². The van der Waals surface area contributed by atoms with Gasteiger partial charge >= 0.3 is 0 Å². The van der Waals surface area contributed by atoms with Gasteiger partial charge in [0.2, 0.25) is 0 Å². The molecule has 0 aliphatic carbocycles. The van der Waals surface area contributed by atoms with Crippen molar-refractivity contribution in [2.24, 2.45) is 5.41 Å². The highest BCUT2D eigenvalue weighted by Gasteiger charge is 2.18. The van der Waals surface area contributed by atoms with E-state index in [0.717, 1.165) is 23.3 Å². The lowest BCUT2D eigenvalue weighted by atomic mass is 9.91. The first-order valence-electron chi connectivity index (χ1n) is 4.15. The smallest absolute Gasteiger partial charge is 0.104 e. The fourth-order valence-electron chi connectivity index (χ4n) is 1.10. The van der Waals surface area contributed by atoms with Gasteiger partial charge in [-0.15, -0.1) is 0 Å². The van der Waals surface area contributed by atoms with E-state index in [0.29, 0.717) is 0 Å². The van der Waals surface area contributed by atoms with E-state index in [2.05, 4.69) is 35.8 Å². The summed E-state index contributed by atoms with van der Waals surface area (Å²) in [4.78, 5) is 0. The minimum atomic E-state index is 0.282. The molecule has 0 radical (unpaired) electrons. The summed E-state index contributed by atoms with van der Waals surface area (Å²) < 4.78 is 5.50. The van der Waals surface area contributed by atoms with Crippen molar-refractivity contribution in [2.75, 3.05) is 5.33 Å². The van der Waals surface area contributed by atoms with Crippen molar-refractivity contribution in [3.63, 3.8) is 0 Å². The zero-order chi connectivity index (χ0) is 9.19. The molecule has 0 N–H and O–H groups in total. The van der Waals surface area contributed by atoms with Crippen LogP contribution >= 0.6 is 15.9 Å². The first-order valence-corrected chi connectivity index (χ1v) is 5.27. The zero-order valence-corrected chi connectivity index (χ0v) is 9.44. The Balaban J connectivity index is 2.63. The van der Waals surface area contributed by atoms with Crippen molar-refractivity contribution in [3.05, 3.63) is 23.7 Å². The van der Waals surface area contributed by atoms with Crippen LogP contribution < -0.4 is 0 Å². The predicted octanol–water partition coefficient (Wildman–Crippen LogP) is 3.55. The monoisotopic (exact) mass is 230 g/mol. The molecule has 0 unspecified atom stereocenters. The van der Waals surface area contributed by atoms with Gasteiger partial charge in [0.1, 0.15) is 11.5 Å². The average molecular weight is 231 g/mol. The Bertz CT molecular complexity index is 250. The highest BCUT2D eigenvalue weighted by molar-refractivity contribution is 9.09. The number of furan rings is 1. The number of alkyl halides is 1. The molecule has 0 amide bonds. The van der Waals surface area contributed by atoms with Gasteiger partial charge < -0.3 is 4.42 Å². The molecule has 0 atom stereocenters. The van der Waals surface area contributed by atoms with Crippen LogP contribution in [0.3, 0.4) is 0 Å². The first-order chi connectivity index (χ1) is 5.53. The van der Waals surface area contributed by atoms with Crippen molar-refractivity contribution >= 4 is 15.9 Å². The largest absolute Gasteiger partial charge is 0.466 e. The second-order valence-electron chi connectivity index (χ2n) is 3.99. The van der Waals surface area contributed by atoms with Crippen LogP contribution in [0.4, 0.5) is 0 Å². The minimum absolute atomic E-state index is 0.282. The molecule has 68 valence electrons. The number of aryl methyl sites for hydroxylation is 1. The van der Waals surface area contributed by atoms with Crippen LogP contribution in [0.5, 0.6) is 0 Å². The SMILES string of the molecule is Cc1ccc(CC(C)(C)CBr)o1. The molecule has 1 heterocycles. The van der Waals surface area contributed by atoms with E-state index in [-0.39, 0.29) is 5.41 Å². The molecule has 0 bridgehead atoms. The molecule has 12 heavy (non-hydrogen) atoms. The highest BCUT2D eigenvalue weighted by Crippen LogP contribution is 2.24.